The summed E-state index contributed by atoms with van der Waals surface area (Å²) in [6, 6.07) is 7.68. The van der Waals surface area contributed by atoms with E-state index in [0.29, 0.717) is 18.1 Å². The summed E-state index contributed by atoms with van der Waals surface area (Å²) in [5.74, 6) is 0.969. The number of nitrogens with zero attached hydrogens (tertiary/aromatic N) is 5. The van der Waals surface area contributed by atoms with Crippen LogP contribution in [-0.4, -0.2) is 77.5 Å². The summed E-state index contributed by atoms with van der Waals surface area (Å²) in [5, 5.41) is 1.75. The Kier molecular flexibility index (Phi) is 6.43. The summed E-state index contributed by atoms with van der Waals surface area (Å²) in [6.45, 7) is 5.78. The fourth-order valence-electron chi connectivity index (χ4n) is 4.21. The number of halogens is 1. The summed E-state index contributed by atoms with van der Waals surface area (Å²) < 4.78 is 0. The van der Waals surface area contributed by atoms with Crippen LogP contribution >= 0.6 is 11.6 Å². The topological polar surface area (TPSA) is 68.4 Å². The number of piperazine rings is 1. The number of amides is 1. The molecule has 1 atom stereocenters. The Balaban J connectivity index is 1.48. The van der Waals surface area contributed by atoms with Crippen molar-refractivity contribution in [1.29, 1.82) is 0 Å². The van der Waals surface area contributed by atoms with Gasteiger partial charge in [0.1, 0.15) is 17.8 Å². The number of aromatic nitrogens is 3. The first kappa shape index (κ1) is 21.6. The van der Waals surface area contributed by atoms with Gasteiger partial charge in [0.25, 0.3) is 0 Å². The molecule has 4 rings (SSSR count). The minimum Gasteiger partial charge on any atom is -0.352 e. The van der Waals surface area contributed by atoms with Crippen molar-refractivity contribution in [3.63, 3.8) is 0 Å². The van der Waals surface area contributed by atoms with Gasteiger partial charge in [0.15, 0.2) is 0 Å². The fraction of sp³-hybridized carbons (Fsp3) is 0.435. The Labute approximate surface area is 188 Å². The van der Waals surface area contributed by atoms with Crippen LogP contribution in [0.15, 0.2) is 36.8 Å². The van der Waals surface area contributed by atoms with Crippen LogP contribution in [0.2, 0.25) is 5.02 Å². The zero-order valence-corrected chi connectivity index (χ0v) is 19.1. The molecule has 2 aromatic heterocycles. The molecule has 0 bridgehead atoms. The lowest BCUT2D eigenvalue weighted by atomic mass is 9.93. The third-order valence-electron chi connectivity index (χ3n) is 5.97. The monoisotopic (exact) mass is 440 g/mol. The van der Waals surface area contributed by atoms with Gasteiger partial charge in [0.2, 0.25) is 5.91 Å². The molecule has 0 saturated carbocycles. The summed E-state index contributed by atoms with van der Waals surface area (Å²) >= 11 is 6.07. The highest BCUT2D eigenvalue weighted by molar-refractivity contribution is 6.30. The number of hydrogen-bond acceptors (Lipinski definition) is 5. The van der Waals surface area contributed by atoms with Crippen molar-refractivity contribution >= 4 is 34.4 Å². The second-order valence-corrected chi connectivity index (χ2v) is 8.84. The first-order valence-corrected chi connectivity index (χ1v) is 11.0. The van der Waals surface area contributed by atoms with E-state index in [0.717, 1.165) is 54.0 Å². The maximum atomic E-state index is 13.5. The first-order chi connectivity index (χ1) is 14.9. The molecule has 1 N–H and O–H groups in total. The second-order valence-electron chi connectivity index (χ2n) is 8.40. The average molecular weight is 441 g/mol. The van der Waals surface area contributed by atoms with E-state index in [-0.39, 0.29) is 11.8 Å². The van der Waals surface area contributed by atoms with Gasteiger partial charge in [0.05, 0.1) is 11.3 Å². The van der Waals surface area contributed by atoms with Crippen LogP contribution < -0.4 is 4.90 Å². The fourth-order valence-corrected chi connectivity index (χ4v) is 4.34. The number of aromatic amines is 1. The molecule has 1 aromatic carbocycles. The number of carbonyl (C=O) groups is 1. The number of carbonyl (C=O) groups excluding carboxylic acids is 1. The quantitative estimate of drug-likeness (QED) is 0.637. The van der Waals surface area contributed by atoms with Crippen molar-refractivity contribution in [3.8, 4) is 0 Å². The predicted octanol–water partition coefficient (Wildman–Crippen LogP) is 3.30. The molecule has 0 aliphatic carbocycles. The summed E-state index contributed by atoms with van der Waals surface area (Å²) in [6.07, 6.45) is 4.34. The molecule has 1 saturated heterocycles. The third kappa shape index (κ3) is 4.67. The first-order valence-electron chi connectivity index (χ1n) is 10.7. The number of hydrogen-bond donors (Lipinski definition) is 1. The van der Waals surface area contributed by atoms with E-state index in [4.69, 9.17) is 11.6 Å². The van der Waals surface area contributed by atoms with Gasteiger partial charge in [-0.2, -0.15) is 0 Å². The van der Waals surface area contributed by atoms with Gasteiger partial charge in [-0.15, -0.1) is 0 Å². The van der Waals surface area contributed by atoms with E-state index in [1.165, 1.54) is 0 Å². The third-order valence-corrected chi connectivity index (χ3v) is 6.23. The van der Waals surface area contributed by atoms with Crippen LogP contribution in [0.3, 0.4) is 0 Å². The smallest absolute Gasteiger partial charge is 0.230 e. The Morgan fingerprint density at radius 1 is 1.16 bits per heavy atom. The van der Waals surface area contributed by atoms with Gasteiger partial charge >= 0.3 is 0 Å². The van der Waals surface area contributed by atoms with Crippen molar-refractivity contribution in [3.05, 3.63) is 52.9 Å². The van der Waals surface area contributed by atoms with E-state index in [2.05, 4.69) is 31.7 Å². The van der Waals surface area contributed by atoms with E-state index in [1.54, 1.807) is 6.33 Å². The minimum absolute atomic E-state index is 0.163. The highest BCUT2D eigenvalue weighted by atomic mass is 35.5. The minimum atomic E-state index is -0.163. The Morgan fingerprint density at radius 3 is 2.55 bits per heavy atom. The van der Waals surface area contributed by atoms with Crippen LogP contribution in [0, 0.1) is 6.92 Å². The van der Waals surface area contributed by atoms with Crippen LogP contribution in [-0.2, 0) is 4.79 Å². The van der Waals surface area contributed by atoms with Gasteiger partial charge in [0, 0.05) is 37.4 Å². The van der Waals surface area contributed by atoms with Gasteiger partial charge < -0.3 is 19.7 Å². The molecule has 3 heterocycles. The number of H-pyrrole nitrogens is 1. The van der Waals surface area contributed by atoms with Gasteiger partial charge in [-0.3, -0.25) is 4.79 Å². The zero-order chi connectivity index (χ0) is 22.0. The summed E-state index contributed by atoms with van der Waals surface area (Å²) in [4.78, 5) is 31.9. The molecule has 1 fully saturated rings. The maximum absolute atomic E-state index is 13.5. The molecule has 164 valence electrons. The van der Waals surface area contributed by atoms with E-state index >= 15 is 0 Å². The molecule has 0 spiro atoms. The standard InChI is InChI=1S/C23H29ClN6O/c1-16-14-25-21-20(16)22(27-15-26-21)29-10-12-30(13-11-29)23(31)19(8-9-28(2)3)17-4-6-18(24)7-5-17/h4-7,14-15,19H,8-13H2,1-3H3,(H,25,26,27). The molecule has 3 aromatic rings. The van der Waals surface area contributed by atoms with Crippen molar-refractivity contribution in [2.45, 2.75) is 19.3 Å². The van der Waals surface area contributed by atoms with Crippen LogP contribution in [0.5, 0.6) is 0 Å². The predicted molar refractivity (Wildman–Crippen MR) is 125 cm³/mol. The number of anilines is 1. The highest BCUT2D eigenvalue weighted by Crippen LogP contribution is 2.28. The zero-order valence-electron chi connectivity index (χ0n) is 18.3. The Morgan fingerprint density at radius 2 is 1.87 bits per heavy atom. The van der Waals surface area contributed by atoms with Crippen molar-refractivity contribution in [1.82, 2.24) is 24.8 Å². The number of nitrogens with one attached hydrogen (secondary N) is 1. The molecule has 0 radical (unpaired) electrons. The summed E-state index contributed by atoms with van der Waals surface area (Å²) in [7, 11) is 4.07. The summed E-state index contributed by atoms with van der Waals surface area (Å²) in [5.41, 5.74) is 3.02. The number of rotatable bonds is 6. The number of benzene rings is 1. The lowest BCUT2D eigenvalue weighted by Crippen LogP contribution is -2.50. The highest BCUT2D eigenvalue weighted by Gasteiger charge is 2.29. The maximum Gasteiger partial charge on any atom is 0.230 e. The molecule has 1 aliphatic rings. The Hall–Kier alpha value is -2.64. The largest absolute Gasteiger partial charge is 0.352 e. The van der Waals surface area contributed by atoms with Crippen molar-refractivity contribution < 1.29 is 4.79 Å². The van der Waals surface area contributed by atoms with Gasteiger partial charge in [-0.05, 0) is 57.2 Å². The van der Waals surface area contributed by atoms with Crippen LogP contribution in [0.25, 0.3) is 11.0 Å². The molecule has 8 heteroatoms. The SMILES string of the molecule is Cc1c[nH]c2ncnc(N3CCN(C(=O)C(CCN(C)C)c4ccc(Cl)cc4)CC3)c12. The molecule has 1 unspecified atom stereocenters. The van der Waals surface area contributed by atoms with Crippen molar-refractivity contribution in [2.75, 3.05) is 51.7 Å². The molecule has 1 aliphatic heterocycles. The normalized spacial score (nSPS) is 15.6. The number of aryl methyl sites for hydroxylation is 1. The number of fused-ring (bicyclic) bond motifs is 1. The second kappa shape index (κ2) is 9.24. The molecule has 31 heavy (non-hydrogen) atoms. The lowest BCUT2D eigenvalue weighted by Gasteiger charge is -2.37. The van der Waals surface area contributed by atoms with Crippen LogP contribution in [0.1, 0.15) is 23.5 Å². The van der Waals surface area contributed by atoms with E-state index in [9.17, 15) is 4.79 Å². The molecular weight excluding hydrogens is 412 g/mol. The van der Waals surface area contributed by atoms with Crippen LogP contribution in [0.4, 0.5) is 5.82 Å². The lowest BCUT2D eigenvalue weighted by molar-refractivity contribution is -0.133. The van der Waals surface area contributed by atoms with Gasteiger partial charge in [-0.25, -0.2) is 9.97 Å². The average Bonchev–Trinajstić information content (AvgIpc) is 3.16. The van der Waals surface area contributed by atoms with Crippen molar-refractivity contribution in [2.24, 2.45) is 0 Å². The van der Waals surface area contributed by atoms with Gasteiger partial charge in [-0.1, -0.05) is 23.7 Å². The molecule has 7 nitrogen and oxygen atoms in total. The molecule has 1 amide bonds. The van der Waals surface area contributed by atoms with E-state index in [1.807, 2.05) is 49.5 Å². The Bertz CT molecular complexity index is 1040. The molecular formula is C23H29ClN6O. The van der Waals surface area contributed by atoms with E-state index < -0.39 is 0 Å².